The molecule has 1 N–H and O–H groups in total. The number of nitrogens with one attached hydrogen (secondary N) is 1. The van der Waals surface area contributed by atoms with Crippen molar-refractivity contribution in [3.05, 3.63) is 34.9 Å². The SMILES string of the molecule is Cc1ccc(C(CN2CCNCC2)N2CCC(C)CC2)c(C)c1. The van der Waals surface area contributed by atoms with E-state index >= 15 is 0 Å². The van der Waals surface area contributed by atoms with E-state index in [0.29, 0.717) is 6.04 Å². The van der Waals surface area contributed by atoms with Gasteiger partial charge in [0.05, 0.1) is 0 Å². The average Bonchev–Trinajstić information content (AvgIpc) is 2.55. The molecule has 23 heavy (non-hydrogen) atoms. The van der Waals surface area contributed by atoms with Gasteiger partial charge in [-0.05, 0) is 56.8 Å². The quantitative estimate of drug-likeness (QED) is 0.921. The maximum atomic E-state index is 3.48. The van der Waals surface area contributed by atoms with E-state index < -0.39 is 0 Å². The second-order valence-corrected chi connectivity index (χ2v) is 7.64. The number of piperidine rings is 1. The largest absolute Gasteiger partial charge is 0.314 e. The van der Waals surface area contributed by atoms with Crippen LogP contribution in [0.5, 0.6) is 0 Å². The zero-order valence-electron chi connectivity index (χ0n) is 15.1. The minimum Gasteiger partial charge on any atom is -0.314 e. The molecule has 2 aliphatic heterocycles. The van der Waals surface area contributed by atoms with Crippen molar-refractivity contribution in [3.8, 4) is 0 Å². The molecule has 0 saturated carbocycles. The Bertz CT molecular complexity index is 500. The molecule has 2 heterocycles. The second kappa shape index (κ2) is 7.78. The van der Waals surface area contributed by atoms with Crippen LogP contribution in [0.3, 0.4) is 0 Å². The molecule has 2 saturated heterocycles. The third-order valence-corrected chi connectivity index (χ3v) is 5.68. The van der Waals surface area contributed by atoms with Gasteiger partial charge in [-0.25, -0.2) is 0 Å². The summed E-state index contributed by atoms with van der Waals surface area (Å²) in [5.41, 5.74) is 4.38. The van der Waals surface area contributed by atoms with Gasteiger partial charge in [-0.1, -0.05) is 30.7 Å². The average molecular weight is 316 g/mol. The van der Waals surface area contributed by atoms with Crippen LogP contribution in [0.2, 0.25) is 0 Å². The van der Waals surface area contributed by atoms with Crippen LogP contribution < -0.4 is 5.32 Å². The van der Waals surface area contributed by atoms with Gasteiger partial charge in [0.1, 0.15) is 0 Å². The first-order valence-corrected chi connectivity index (χ1v) is 9.38. The molecule has 1 aromatic carbocycles. The van der Waals surface area contributed by atoms with Crippen molar-refractivity contribution in [3.63, 3.8) is 0 Å². The lowest BCUT2D eigenvalue weighted by atomic mass is 9.93. The van der Waals surface area contributed by atoms with Gasteiger partial charge >= 0.3 is 0 Å². The number of aryl methyl sites for hydroxylation is 2. The zero-order chi connectivity index (χ0) is 16.2. The number of hydrogen-bond donors (Lipinski definition) is 1. The van der Waals surface area contributed by atoms with Crippen molar-refractivity contribution in [1.29, 1.82) is 0 Å². The van der Waals surface area contributed by atoms with Gasteiger partial charge in [0.15, 0.2) is 0 Å². The van der Waals surface area contributed by atoms with Crippen LogP contribution in [-0.4, -0.2) is 55.6 Å². The fourth-order valence-corrected chi connectivity index (χ4v) is 4.09. The standard InChI is InChI=1S/C20H33N3/c1-16-6-10-23(11-7-16)20(15-22-12-8-21-9-13-22)19-5-4-17(2)14-18(19)3/h4-5,14,16,20-21H,6-13,15H2,1-3H3. The predicted octanol–water partition coefficient (Wildman–Crippen LogP) is 2.98. The van der Waals surface area contributed by atoms with Crippen molar-refractivity contribution in [1.82, 2.24) is 15.1 Å². The Morgan fingerprint density at radius 3 is 2.43 bits per heavy atom. The summed E-state index contributed by atoms with van der Waals surface area (Å²) in [4.78, 5) is 5.40. The molecule has 0 bridgehead atoms. The van der Waals surface area contributed by atoms with E-state index in [9.17, 15) is 0 Å². The van der Waals surface area contributed by atoms with Crippen molar-refractivity contribution < 1.29 is 0 Å². The van der Waals surface area contributed by atoms with E-state index in [4.69, 9.17) is 0 Å². The Balaban J connectivity index is 1.79. The molecule has 0 radical (unpaired) electrons. The first-order chi connectivity index (χ1) is 11.1. The molecule has 0 amide bonds. The molecule has 128 valence electrons. The first-order valence-electron chi connectivity index (χ1n) is 9.38. The molecule has 0 aromatic heterocycles. The minimum absolute atomic E-state index is 0.557. The number of benzene rings is 1. The van der Waals surface area contributed by atoms with Crippen molar-refractivity contribution in [2.75, 3.05) is 45.8 Å². The van der Waals surface area contributed by atoms with E-state index in [2.05, 4.69) is 54.1 Å². The molecule has 1 atom stereocenters. The summed E-state index contributed by atoms with van der Waals surface area (Å²) in [6, 6.07) is 7.59. The summed E-state index contributed by atoms with van der Waals surface area (Å²) in [5.74, 6) is 0.894. The fourth-order valence-electron chi connectivity index (χ4n) is 4.09. The number of nitrogens with zero attached hydrogens (tertiary/aromatic N) is 2. The topological polar surface area (TPSA) is 18.5 Å². The lowest BCUT2D eigenvalue weighted by Gasteiger charge is -2.41. The summed E-state index contributed by atoms with van der Waals surface area (Å²) in [6.45, 7) is 15.2. The molecule has 2 fully saturated rings. The van der Waals surface area contributed by atoms with Crippen molar-refractivity contribution in [2.24, 2.45) is 5.92 Å². The summed E-state index contributed by atoms with van der Waals surface area (Å²) < 4.78 is 0. The fraction of sp³-hybridized carbons (Fsp3) is 0.700. The van der Waals surface area contributed by atoms with Crippen LogP contribution in [0, 0.1) is 19.8 Å². The monoisotopic (exact) mass is 315 g/mol. The van der Waals surface area contributed by atoms with Gasteiger partial charge < -0.3 is 5.32 Å². The van der Waals surface area contributed by atoms with E-state index in [1.807, 2.05) is 0 Å². The summed E-state index contributed by atoms with van der Waals surface area (Å²) in [6.07, 6.45) is 2.70. The highest BCUT2D eigenvalue weighted by atomic mass is 15.2. The number of hydrogen-bond acceptors (Lipinski definition) is 3. The lowest BCUT2D eigenvalue weighted by Crippen LogP contribution is -2.48. The third kappa shape index (κ3) is 4.34. The second-order valence-electron chi connectivity index (χ2n) is 7.64. The Labute approximate surface area is 142 Å². The zero-order valence-corrected chi connectivity index (χ0v) is 15.1. The Kier molecular flexibility index (Phi) is 5.73. The van der Waals surface area contributed by atoms with Crippen LogP contribution >= 0.6 is 0 Å². The van der Waals surface area contributed by atoms with Crippen LogP contribution in [0.25, 0.3) is 0 Å². The Morgan fingerprint density at radius 2 is 1.78 bits per heavy atom. The Hall–Kier alpha value is -0.900. The van der Waals surface area contributed by atoms with Crippen LogP contribution in [0.4, 0.5) is 0 Å². The third-order valence-electron chi connectivity index (χ3n) is 5.68. The number of piperazine rings is 1. The van der Waals surface area contributed by atoms with E-state index in [-0.39, 0.29) is 0 Å². The van der Waals surface area contributed by atoms with Gasteiger partial charge in [0, 0.05) is 38.8 Å². The maximum Gasteiger partial charge on any atom is 0.0477 e. The molecular formula is C20H33N3. The summed E-state index contributed by atoms with van der Waals surface area (Å²) in [5, 5.41) is 3.48. The highest BCUT2D eigenvalue weighted by Gasteiger charge is 2.27. The molecular weight excluding hydrogens is 282 g/mol. The highest BCUT2D eigenvalue weighted by molar-refractivity contribution is 5.33. The molecule has 3 heteroatoms. The molecule has 1 aromatic rings. The van der Waals surface area contributed by atoms with Crippen LogP contribution in [0.1, 0.15) is 42.5 Å². The molecule has 0 spiro atoms. The number of likely N-dealkylation sites (tertiary alicyclic amines) is 1. The summed E-state index contributed by atoms with van der Waals surface area (Å²) in [7, 11) is 0. The van der Waals surface area contributed by atoms with Gasteiger partial charge in [-0.15, -0.1) is 0 Å². The minimum atomic E-state index is 0.557. The smallest absolute Gasteiger partial charge is 0.0477 e. The normalized spacial score (nSPS) is 23.1. The van der Waals surface area contributed by atoms with E-state index in [1.165, 1.54) is 56.7 Å². The molecule has 3 rings (SSSR count). The first kappa shape index (κ1) is 16.9. The number of rotatable bonds is 4. The Morgan fingerprint density at radius 1 is 1.09 bits per heavy atom. The van der Waals surface area contributed by atoms with E-state index in [0.717, 1.165) is 19.0 Å². The molecule has 1 unspecified atom stereocenters. The van der Waals surface area contributed by atoms with Gasteiger partial charge in [-0.2, -0.15) is 0 Å². The van der Waals surface area contributed by atoms with Gasteiger partial charge in [0.2, 0.25) is 0 Å². The van der Waals surface area contributed by atoms with Gasteiger partial charge in [0.25, 0.3) is 0 Å². The molecule has 3 nitrogen and oxygen atoms in total. The van der Waals surface area contributed by atoms with Crippen molar-refractivity contribution >= 4 is 0 Å². The molecule has 2 aliphatic rings. The van der Waals surface area contributed by atoms with E-state index in [1.54, 1.807) is 5.56 Å². The van der Waals surface area contributed by atoms with Crippen LogP contribution in [-0.2, 0) is 0 Å². The van der Waals surface area contributed by atoms with Crippen molar-refractivity contribution in [2.45, 2.75) is 39.7 Å². The molecule has 0 aliphatic carbocycles. The lowest BCUT2D eigenvalue weighted by molar-refractivity contribution is 0.0966. The predicted molar refractivity (Wildman–Crippen MR) is 97.9 cm³/mol. The maximum absolute atomic E-state index is 3.48. The van der Waals surface area contributed by atoms with Crippen LogP contribution in [0.15, 0.2) is 18.2 Å². The summed E-state index contributed by atoms with van der Waals surface area (Å²) >= 11 is 0. The highest BCUT2D eigenvalue weighted by Crippen LogP contribution is 2.30. The van der Waals surface area contributed by atoms with Gasteiger partial charge in [-0.3, -0.25) is 9.80 Å².